The second kappa shape index (κ2) is 5.36. The molecule has 0 fully saturated rings. The summed E-state index contributed by atoms with van der Waals surface area (Å²) in [6.07, 6.45) is 0. The van der Waals surface area contributed by atoms with Crippen LogP contribution in [0.25, 0.3) is 11.5 Å². The van der Waals surface area contributed by atoms with Crippen LogP contribution in [0.4, 0.5) is 0 Å². The summed E-state index contributed by atoms with van der Waals surface area (Å²) in [7, 11) is 1.55. The van der Waals surface area contributed by atoms with Gasteiger partial charge in [0, 0.05) is 11.5 Å². The van der Waals surface area contributed by atoms with E-state index < -0.39 is 0 Å². The lowest BCUT2D eigenvalue weighted by molar-refractivity contribution is 0.398. The summed E-state index contributed by atoms with van der Waals surface area (Å²) < 4.78 is 5.54. The fourth-order valence-electron chi connectivity index (χ4n) is 1.74. The van der Waals surface area contributed by atoms with Crippen LogP contribution in [-0.4, -0.2) is 22.1 Å². The average Bonchev–Trinajstić information content (AvgIpc) is 2.40. The van der Waals surface area contributed by atoms with Gasteiger partial charge in [-0.25, -0.2) is 9.97 Å². The topological polar surface area (TPSA) is 67.9 Å². The maximum Gasteiger partial charge on any atom is 0.265 e. The number of methoxy groups -OCH3 is 1. The molecule has 0 saturated heterocycles. The van der Waals surface area contributed by atoms with Gasteiger partial charge in [-0.05, 0) is 22.0 Å². The number of aromatic nitrogens is 3. The van der Waals surface area contributed by atoms with Gasteiger partial charge in [0.05, 0.1) is 12.8 Å². The molecule has 106 valence electrons. The Hall–Kier alpha value is -1.69. The Balaban J connectivity index is 2.64. The number of hydrogen-bond donors (Lipinski definition) is 1. The fraction of sp³-hybridized carbons (Fsp3) is 0.357. The lowest BCUT2D eigenvalue weighted by Gasteiger charge is -2.19. The van der Waals surface area contributed by atoms with Gasteiger partial charge in [0.25, 0.3) is 5.56 Å². The first kappa shape index (κ1) is 14.7. The Kier molecular flexibility index (Phi) is 3.94. The molecule has 0 radical (unpaired) electrons. The zero-order chi connectivity index (χ0) is 14.9. The zero-order valence-corrected chi connectivity index (χ0v) is 13.4. The molecule has 2 aromatic rings. The molecule has 0 bridgehead atoms. The predicted octanol–water partition coefficient (Wildman–Crippen LogP) is 2.90. The molecule has 2 rings (SSSR count). The standard InChI is InChI=1S/C14H16BrN3O2/c1-14(2,3)11-10(15)13(19)18-12(17-11)8-6-5-7-9(16-8)20-4/h5-7H,1-4H3,(H,17,18,19). The van der Waals surface area contributed by atoms with Crippen LogP contribution in [0.2, 0.25) is 0 Å². The van der Waals surface area contributed by atoms with E-state index in [1.165, 1.54) is 0 Å². The van der Waals surface area contributed by atoms with Crippen molar-refractivity contribution in [3.63, 3.8) is 0 Å². The lowest BCUT2D eigenvalue weighted by Crippen LogP contribution is -2.22. The van der Waals surface area contributed by atoms with Crippen LogP contribution in [0.5, 0.6) is 5.88 Å². The quantitative estimate of drug-likeness (QED) is 0.914. The van der Waals surface area contributed by atoms with Crippen molar-refractivity contribution in [3.05, 3.63) is 38.7 Å². The third-order valence-electron chi connectivity index (χ3n) is 2.75. The van der Waals surface area contributed by atoms with Crippen molar-refractivity contribution in [1.82, 2.24) is 15.0 Å². The summed E-state index contributed by atoms with van der Waals surface area (Å²) in [6.45, 7) is 6.01. The van der Waals surface area contributed by atoms with Crippen LogP contribution in [-0.2, 0) is 5.41 Å². The molecule has 0 atom stereocenters. The number of pyridine rings is 1. The summed E-state index contributed by atoms with van der Waals surface area (Å²) in [5, 5.41) is 0. The van der Waals surface area contributed by atoms with E-state index >= 15 is 0 Å². The van der Waals surface area contributed by atoms with Crippen LogP contribution in [0.1, 0.15) is 26.5 Å². The minimum atomic E-state index is -0.249. The van der Waals surface area contributed by atoms with Crippen molar-refractivity contribution in [2.75, 3.05) is 7.11 Å². The van der Waals surface area contributed by atoms with E-state index in [9.17, 15) is 4.79 Å². The van der Waals surface area contributed by atoms with Crippen LogP contribution in [0.3, 0.4) is 0 Å². The Labute approximate surface area is 125 Å². The number of H-pyrrole nitrogens is 1. The largest absolute Gasteiger partial charge is 0.481 e. The summed E-state index contributed by atoms with van der Waals surface area (Å²) in [5.41, 5.74) is 0.797. The van der Waals surface area contributed by atoms with E-state index in [4.69, 9.17) is 4.74 Å². The Morgan fingerprint density at radius 2 is 1.95 bits per heavy atom. The Bertz CT molecular complexity index is 690. The van der Waals surface area contributed by atoms with Crippen molar-refractivity contribution in [1.29, 1.82) is 0 Å². The van der Waals surface area contributed by atoms with Crippen molar-refractivity contribution in [3.8, 4) is 17.4 Å². The highest BCUT2D eigenvalue weighted by Gasteiger charge is 2.22. The molecule has 0 aliphatic carbocycles. The van der Waals surface area contributed by atoms with Crippen LogP contribution < -0.4 is 10.3 Å². The minimum Gasteiger partial charge on any atom is -0.481 e. The number of nitrogens with zero attached hydrogens (tertiary/aromatic N) is 2. The SMILES string of the molecule is COc1cccc(-c2nc(C(C)(C)C)c(Br)c(=O)[nH]2)n1. The van der Waals surface area contributed by atoms with Gasteiger partial charge in [-0.2, -0.15) is 0 Å². The lowest BCUT2D eigenvalue weighted by atomic mass is 9.92. The molecule has 0 saturated carbocycles. The highest BCUT2D eigenvalue weighted by atomic mass is 79.9. The molecule has 20 heavy (non-hydrogen) atoms. The molecule has 1 N–H and O–H groups in total. The van der Waals surface area contributed by atoms with E-state index in [-0.39, 0.29) is 11.0 Å². The smallest absolute Gasteiger partial charge is 0.265 e. The van der Waals surface area contributed by atoms with E-state index in [2.05, 4.69) is 30.9 Å². The molecule has 5 nitrogen and oxygen atoms in total. The van der Waals surface area contributed by atoms with E-state index in [1.807, 2.05) is 20.8 Å². The minimum absolute atomic E-state index is 0.218. The Morgan fingerprint density at radius 3 is 2.55 bits per heavy atom. The molecule has 2 heterocycles. The zero-order valence-electron chi connectivity index (χ0n) is 11.8. The number of aromatic amines is 1. The van der Waals surface area contributed by atoms with Gasteiger partial charge in [0.15, 0.2) is 5.82 Å². The van der Waals surface area contributed by atoms with Gasteiger partial charge in [0.1, 0.15) is 10.2 Å². The highest BCUT2D eigenvalue weighted by Crippen LogP contribution is 2.27. The second-order valence-electron chi connectivity index (χ2n) is 5.39. The van der Waals surface area contributed by atoms with Crippen molar-refractivity contribution in [2.45, 2.75) is 26.2 Å². The summed E-state index contributed by atoms with van der Waals surface area (Å²) in [6, 6.07) is 5.33. The molecule has 0 spiro atoms. The van der Waals surface area contributed by atoms with Gasteiger partial charge in [-0.3, -0.25) is 4.79 Å². The van der Waals surface area contributed by atoms with E-state index in [0.717, 1.165) is 0 Å². The maximum atomic E-state index is 12.0. The van der Waals surface area contributed by atoms with Crippen molar-refractivity contribution in [2.24, 2.45) is 0 Å². The average molecular weight is 338 g/mol. The Morgan fingerprint density at radius 1 is 1.25 bits per heavy atom. The molecule has 0 aliphatic rings. The van der Waals surface area contributed by atoms with E-state index in [0.29, 0.717) is 27.6 Å². The number of nitrogens with one attached hydrogen (secondary N) is 1. The monoisotopic (exact) mass is 337 g/mol. The molecule has 0 aliphatic heterocycles. The fourth-order valence-corrected chi connectivity index (χ4v) is 2.52. The summed E-state index contributed by atoms with van der Waals surface area (Å²) in [4.78, 5) is 23.6. The molecule has 0 aromatic carbocycles. The summed E-state index contributed by atoms with van der Waals surface area (Å²) in [5.74, 6) is 0.910. The number of halogens is 1. The molecular formula is C14H16BrN3O2. The van der Waals surface area contributed by atoms with E-state index in [1.54, 1.807) is 25.3 Å². The number of rotatable bonds is 2. The van der Waals surface area contributed by atoms with Gasteiger partial charge >= 0.3 is 0 Å². The molecule has 0 unspecified atom stereocenters. The maximum absolute atomic E-state index is 12.0. The van der Waals surface area contributed by atoms with Crippen LogP contribution in [0.15, 0.2) is 27.5 Å². The third-order valence-corrected chi connectivity index (χ3v) is 3.48. The van der Waals surface area contributed by atoms with Gasteiger partial charge < -0.3 is 9.72 Å². The van der Waals surface area contributed by atoms with Crippen molar-refractivity contribution < 1.29 is 4.74 Å². The number of hydrogen-bond acceptors (Lipinski definition) is 4. The first-order valence-electron chi connectivity index (χ1n) is 6.14. The van der Waals surface area contributed by atoms with Crippen LogP contribution >= 0.6 is 15.9 Å². The van der Waals surface area contributed by atoms with Gasteiger partial charge in [-0.1, -0.05) is 26.8 Å². The predicted molar refractivity (Wildman–Crippen MR) is 81.0 cm³/mol. The van der Waals surface area contributed by atoms with Crippen LogP contribution in [0, 0.1) is 0 Å². The highest BCUT2D eigenvalue weighted by molar-refractivity contribution is 9.10. The second-order valence-corrected chi connectivity index (χ2v) is 6.19. The molecular weight excluding hydrogens is 322 g/mol. The third kappa shape index (κ3) is 2.90. The van der Waals surface area contributed by atoms with Crippen molar-refractivity contribution >= 4 is 15.9 Å². The number of ether oxygens (including phenoxy) is 1. The first-order chi connectivity index (χ1) is 9.32. The normalized spacial score (nSPS) is 11.4. The van der Waals surface area contributed by atoms with Gasteiger partial charge in [0.2, 0.25) is 5.88 Å². The molecule has 0 amide bonds. The summed E-state index contributed by atoms with van der Waals surface area (Å²) >= 11 is 3.30. The molecule has 6 heteroatoms. The molecule has 2 aromatic heterocycles. The first-order valence-corrected chi connectivity index (χ1v) is 6.94. The van der Waals surface area contributed by atoms with Gasteiger partial charge in [-0.15, -0.1) is 0 Å².